The average Bonchev–Trinajstić information content (AvgIpc) is 2.38. The van der Waals surface area contributed by atoms with E-state index < -0.39 is 22.2 Å². The number of benzene rings is 2. The minimum Gasteiger partial charge on any atom is -0.768 e. The zero-order chi connectivity index (χ0) is 14.9. The molecule has 2 atom stereocenters. The van der Waals surface area contributed by atoms with Crippen LogP contribution in [0.5, 0.6) is 0 Å². The highest BCUT2D eigenvalue weighted by Crippen LogP contribution is 2.32. The fourth-order valence-electron chi connectivity index (χ4n) is 1.80. The fourth-order valence-corrected chi connectivity index (χ4v) is 2.98. The van der Waals surface area contributed by atoms with Crippen molar-refractivity contribution in [1.29, 1.82) is 0 Å². The van der Waals surface area contributed by atoms with Gasteiger partial charge >= 0.3 is 0 Å². The van der Waals surface area contributed by atoms with Crippen LogP contribution in [0.2, 0.25) is 0 Å². The number of nitrogen functional groups attached to an aromatic ring is 2. The van der Waals surface area contributed by atoms with E-state index in [1.165, 1.54) is 36.4 Å². The van der Waals surface area contributed by atoms with Crippen molar-refractivity contribution in [2.75, 3.05) is 11.5 Å². The van der Waals surface area contributed by atoms with E-state index in [9.17, 15) is 17.5 Å². The molecule has 6 nitrogen and oxygen atoms in total. The first-order chi connectivity index (χ1) is 9.40. The molecule has 106 valence electrons. The van der Waals surface area contributed by atoms with Gasteiger partial charge in [-0.3, -0.25) is 8.42 Å². The maximum Gasteiger partial charge on any atom is 0.0348 e. The summed E-state index contributed by atoms with van der Waals surface area (Å²) in [6, 6.07) is 8.46. The Kier molecular flexibility index (Phi) is 4.19. The Morgan fingerprint density at radius 1 is 0.750 bits per heavy atom. The van der Waals surface area contributed by atoms with E-state index in [0.29, 0.717) is 0 Å². The molecular formula is C12H10N2O4S2-2. The van der Waals surface area contributed by atoms with Crippen LogP contribution in [-0.2, 0) is 22.2 Å². The normalized spacial score (nSPS) is 13.9. The number of anilines is 2. The van der Waals surface area contributed by atoms with Gasteiger partial charge in [-0.15, -0.1) is 0 Å². The predicted octanol–water partition coefficient (Wildman–Crippen LogP) is 0.994. The summed E-state index contributed by atoms with van der Waals surface area (Å²) in [6.45, 7) is 0. The highest BCUT2D eigenvalue weighted by Gasteiger charge is 2.12. The van der Waals surface area contributed by atoms with Crippen molar-refractivity contribution in [3.8, 4) is 11.1 Å². The van der Waals surface area contributed by atoms with E-state index in [4.69, 9.17) is 11.5 Å². The molecule has 0 spiro atoms. The summed E-state index contributed by atoms with van der Waals surface area (Å²) >= 11 is -5.08. The summed E-state index contributed by atoms with van der Waals surface area (Å²) in [7, 11) is 0. The quantitative estimate of drug-likeness (QED) is 0.641. The summed E-state index contributed by atoms with van der Waals surface area (Å²) in [4.78, 5) is -0.136. The molecule has 2 aromatic carbocycles. The first-order valence-electron chi connectivity index (χ1n) is 5.38. The third-order valence-electron chi connectivity index (χ3n) is 2.66. The van der Waals surface area contributed by atoms with Gasteiger partial charge in [0.2, 0.25) is 0 Å². The number of hydrogen-bond acceptors (Lipinski definition) is 6. The summed E-state index contributed by atoms with van der Waals surface area (Å²) in [6.07, 6.45) is 0. The van der Waals surface area contributed by atoms with Gasteiger partial charge in [-0.25, -0.2) is 0 Å². The van der Waals surface area contributed by atoms with Crippen LogP contribution in [0.25, 0.3) is 11.1 Å². The third-order valence-corrected chi connectivity index (χ3v) is 4.05. The Hall–Kier alpha value is -1.74. The number of rotatable bonds is 3. The zero-order valence-corrected chi connectivity index (χ0v) is 11.7. The van der Waals surface area contributed by atoms with Gasteiger partial charge in [0.25, 0.3) is 0 Å². The van der Waals surface area contributed by atoms with Crippen molar-refractivity contribution in [1.82, 2.24) is 0 Å². The lowest BCUT2D eigenvalue weighted by atomic mass is 10.0. The molecule has 0 aliphatic rings. The van der Waals surface area contributed by atoms with E-state index in [-0.39, 0.29) is 32.3 Å². The van der Waals surface area contributed by atoms with Gasteiger partial charge in [-0.05, 0) is 57.6 Å². The molecule has 20 heavy (non-hydrogen) atoms. The van der Waals surface area contributed by atoms with Gasteiger partial charge in [0.05, 0.1) is 0 Å². The molecule has 0 heterocycles. The lowest BCUT2D eigenvalue weighted by Crippen LogP contribution is -2.00. The van der Waals surface area contributed by atoms with E-state index in [1.807, 2.05) is 0 Å². The molecule has 4 N–H and O–H groups in total. The summed E-state index contributed by atoms with van der Waals surface area (Å²) in [5.74, 6) is 0. The Morgan fingerprint density at radius 2 is 1.10 bits per heavy atom. The van der Waals surface area contributed by atoms with Crippen molar-refractivity contribution in [3.63, 3.8) is 0 Å². The van der Waals surface area contributed by atoms with Crippen molar-refractivity contribution < 1.29 is 17.5 Å². The van der Waals surface area contributed by atoms with Crippen LogP contribution in [0.3, 0.4) is 0 Å². The second-order valence-corrected chi connectivity index (χ2v) is 5.80. The molecule has 0 aliphatic carbocycles. The molecule has 0 saturated heterocycles. The van der Waals surface area contributed by atoms with Crippen molar-refractivity contribution >= 4 is 33.5 Å². The Labute approximate surface area is 120 Å². The van der Waals surface area contributed by atoms with Crippen LogP contribution in [0, 0.1) is 0 Å². The predicted molar refractivity (Wildman–Crippen MR) is 75.1 cm³/mol. The molecule has 8 heteroatoms. The third kappa shape index (κ3) is 2.88. The first kappa shape index (κ1) is 14.7. The van der Waals surface area contributed by atoms with Crippen LogP contribution in [0.15, 0.2) is 46.2 Å². The van der Waals surface area contributed by atoms with Gasteiger partial charge in [-0.1, -0.05) is 12.1 Å². The summed E-state index contributed by atoms with van der Waals surface area (Å²) in [5, 5.41) is 0. The lowest BCUT2D eigenvalue weighted by molar-refractivity contribution is 0.535. The zero-order valence-electron chi connectivity index (χ0n) is 10.1. The van der Waals surface area contributed by atoms with Gasteiger partial charge in [0.15, 0.2) is 0 Å². The molecule has 0 amide bonds. The second-order valence-electron chi connectivity index (χ2n) is 3.98. The van der Waals surface area contributed by atoms with Crippen molar-refractivity contribution in [2.45, 2.75) is 9.79 Å². The van der Waals surface area contributed by atoms with Crippen LogP contribution in [0.4, 0.5) is 11.4 Å². The van der Waals surface area contributed by atoms with E-state index in [2.05, 4.69) is 0 Å². The lowest BCUT2D eigenvalue weighted by Gasteiger charge is -2.17. The van der Waals surface area contributed by atoms with Crippen molar-refractivity contribution in [2.24, 2.45) is 0 Å². The summed E-state index contributed by atoms with van der Waals surface area (Å²) in [5.41, 5.74) is 12.2. The standard InChI is InChI=1S/C12H12N2O4S2/c13-7-1-3-9(11(5-7)19(15)16)10-4-2-8(14)6-12(10)20(17)18/h1-6H,13-14H2,(H,15,16)(H,17,18)/p-2. The highest BCUT2D eigenvalue weighted by molar-refractivity contribution is 7.79. The molecule has 0 bridgehead atoms. The SMILES string of the molecule is Nc1ccc(-c2ccc(N)cc2S(=O)[O-])c(S(=O)[O-])c1. The Morgan fingerprint density at radius 3 is 1.40 bits per heavy atom. The topological polar surface area (TPSA) is 132 Å². The Balaban J connectivity index is 2.75. The van der Waals surface area contributed by atoms with Gasteiger partial charge in [-0.2, -0.15) is 0 Å². The number of nitrogens with two attached hydrogens (primary N) is 2. The molecule has 2 unspecified atom stereocenters. The highest BCUT2D eigenvalue weighted by atomic mass is 32.2. The molecule has 0 aromatic heterocycles. The molecule has 2 rings (SSSR count). The molecule has 0 radical (unpaired) electrons. The molecular weight excluding hydrogens is 300 g/mol. The van der Waals surface area contributed by atoms with E-state index in [0.717, 1.165) is 0 Å². The average molecular weight is 310 g/mol. The molecule has 0 fully saturated rings. The van der Waals surface area contributed by atoms with Crippen LogP contribution in [0.1, 0.15) is 0 Å². The molecule has 2 aromatic rings. The minimum absolute atomic E-state index is 0.0681. The van der Waals surface area contributed by atoms with Crippen molar-refractivity contribution in [3.05, 3.63) is 36.4 Å². The van der Waals surface area contributed by atoms with Gasteiger partial charge < -0.3 is 20.6 Å². The molecule has 0 aliphatic heterocycles. The fraction of sp³-hybridized carbons (Fsp3) is 0. The van der Waals surface area contributed by atoms with Crippen LogP contribution in [-0.4, -0.2) is 17.5 Å². The Bertz CT molecular complexity index is 657. The monoisotopic (exact) mass is 310 g/mol. The van der Waals surface area contributed by atoms with Gasteiger partial charge in [0, 0.05) is 21.2 Å². The second kappa shape index (κ2) is 5.71. The molecule has 0 saturated carbocycles. The largest absolute Gasteiger partial charge is 0.768 e. The first-order valence-corrected chi connectivity index (χ1v) is 7.53. The van der Waals surface area contributed by atoms with Crippen LogP contribution >= 0.6 is 0 Å². The smallest absolute Gasteiger partial charge is 0.0348 e. The maximum atomic E-state index is 11.3. The number of hydrogen-bond donors (Lipinski definition) is 2. The van der Waals surface area contributed by atoms with E-state index >= 15 is 0 Å². The minimum atomic E-state index is -2.54. The summed E-state index contributed by atoms with van der Waals surface area (Å²) < 4.78 is 45.0. The van der Waals surface area contributed by atoms with Crippen LogP contribution < -0.4 is 11.5 Å². The van der Waals surface area contributed by atoms with Gasteiger partial charge in [0.1, 0.15) is 0 Å². The van der Waals surface area contributed by atoms with E-state index in [1.54, 1.807) is 0 Å². The maximum absolute atomic E-state index is 11.3.